The molecule has 2 fully saturated rings. The molecule has 21 heavy (non-hydrogen) atoms. The Balaban J connectivity index is 1.75. The van der Waals surface area contributed by atoms with E-state index in [0.717, 1.165) is 31.4 Å². The molecule has 116 valence electrons. The Morgan fingerprint density at radius 1 is 1.38 bits per heavy atom. The highest BCUT2D eigenvalue weighted by molar-refractivity contribution is 5.75. The predicted octanol–water partition coefficient (Wildman–Crippen LogP) is 3.82. The van der Waals surface area contributed by atoms with E-state index >= 15 is 0 Å². The van der Waals surface area contributed by atoms with Crippen LogP contribution in [0.5, 0.6) is 0 Å². The molecule has 0 aliphatic heterocycles. The van der Waals surface area contributed by atoms with Crippen molar-refractivity contribution in [3.8, 4) is 0 Å². The first kappa shape index (κ1) is 14.6. The number of carboxylic acids is 1. The third-order valence-corrected chi connectivity index (χ3v) is 5.43. The Labute approximate surface area is 126 Å². The van der Waals surface area contributed by atoms with Crippen LogP contribution in [-0.2, 0) is 11.2 Å². The van der Waals surface area contributed by atoms with E-state index in [0.29, 0.717) is 18.4 Å². The maximum absolute atomic E-state index is 11.9. The molecule has 0 aromatic carbocycles. The van der Waals surface area contributed by atoms with Gasteiger partial charge in [0.25, 0.3) is 0 Å². The normalized spacial score (nSPS) is 30.6. The summed E-state index contributed by atoms with van der Waals surface area (Å²) in [5.74, 6) is -0.128. The van der Waals surface area contributed by atoms with E-state index in [1.54, 1.807) is 0 Å². The van der Waals surface area contributed by atoms with Gasteiger partial charge in [0.2, 0.25) is 0 Å². The lowest BCUT2D eigenvalue weighted by molar-refractivity contribution is -0.152. The van der Waals surface area contributed by atoms with Crippen LogP contribution < -0.4 is 0 Å². The van der Waals surface area contributed by atoms with Crippen LogP contribution in [0.25, 0.3) is 0 Å². The van der Waals surface area contributed by atoms with E-state index in [9.17, 15) is 9.90 Å². The average Bonchev–Trinajstić information content (AvgIpc) is 3.08. The summed E-state index contributed by atoms with van der Waals surface area (Å²) < 4.78 is 2.07. The van der Waals surface area contributed by atoms with Gasteiger partial charge in [-0.05, 0) is 37.7 Å². The van der Waals surface area contributed by atoms with E-state index in [1.807, 2.05) is 12.3 Å². The van der Waals surface area contributed by atoms with Crippen molar-refractivity contribution in [2.75, 3.05) is 0 Å². The zero-order valence-electron chi connectivity index (χ0n) is 12.9. The van der Waals surface area contributed by atoms with Crippen molar-refractivity contribution in [1.82, 2.24) is 9.78 Å². The summed E-state index contributed by atoms with van der Waals surface area (Å²) in [6, 6.07) is 2.56. The van der Waals surface area contributed by atoms with Gasteiger partial charge in [0.05, 0.1) is 17.2 Å². The molecule has 0 bridgehead atoms. The molecule has 2 unspecified atom stereocenters. The molecule has 1 N–H and O–H groups in total. The highest BCUT2D eigenvalue weighted by Crippen LogP contribution is 2.42. The second-order valence-corrected chi connectivity index (χ2v) is 7.19. The highest BCUT2D eigenvalue weighted by Gasteiger charge is 2.42. The topological polar surface area (TPSA) is 55.1 Å². The van der Waals surface area contributed by atoms with Crippen LogP contribution in [0.1, 0.15) is 70.0 Å². The molecular formula is C17H26N2O2. The first-order valence-electron chi connectivity index (χ1n) is 8.36. The van der Waals surface area contributed by atoms with Crippen LogP contribution in [0.15, 0.2) is 12.3 Å². The van der Waals surface area contributed by atoms with E-state index in [1.165, 1.54) is 25.7 Å². The molecule has 1 heterocycles. The van der Waals surface area contributed by atoms with Crippen LogP contribution >= 0.6 is 0 Å². The molecule has 2 aliphatic rings. The number of hydrogen-bond donors (Lipinski definition) is 1. The molecule has 0 saturated heterocycles. The molecule has 3 rings (SSSR count). The molecule has 0 radical (unpaired) electrons. The van der Waals surface area contributed by atoms with Crippen molar-refractivity contribution >= 4 is 5.97 Å². The molecule has 2 aliphatic carbocycles. The Morgan fingerprint density at radius 3 is 2.81 bits per heavy atom. The largest absolute Gasteiger partial charge is 0.481 e. The third kappa shape index (κ3) is 2.99. The molecule has 4 nitrogen and oxygen atoms in total. The summed E-state index contributed by atoms with van der Waals surface area (Å²) in [6.45, 7) is 2.17. The minimum absolute atomic E-state index is 0.506. The number of aromatic nitrogens is 2. The molecule has 0 spiro atoms. The second kappa shape index (κ2) is 5.82. The Hall–Kier alpha value is -1.32. The fraction of sp³-hybridized carbons (Fsp3) is 0.765. The fourth-order valence-corrected chi connectivity index (χ4v) is 4.28. The number of hydrogen-bond acceptors (Lipinski definition) is 2. The van der Waals surface area contributed by atoms with Crippen LogP contribution in [0, 0.1) is 11.3 Å². The van der Waals surface area contributed by atoms with Gasteiger partial charge in [-0.2, -0.15) is 5.10 Å². The van der Waals surface area contributed by atoms with Crippen molar-refractivity contribution in [1.29, 1.82) is 0 Å². The molecule has 2 atom stereocenters. The molecule has 2 saturated carbocycles. The second-order valence-electron chi connectivity index (χ2n) is 7.19. The molecule has 4 heteroatoms. The number of aliphatic carboxylic acids is 1. The van der Waals surface area contributed by atoms with Gasteiger partial charge in [0.15, 0.2) is 0 Å². The van der Waals surface area contributed by atoms with Crippen molar-refractivity contribution in [3.05, 3.63) is 18.0 Å². The average molecular weight is 290 g/mol. The van der Waals surface area contributed by atoms with Gasteiger partial charge in [-0.1, -0.05) is 32.6 Å². The lowest BCUT2D eigenvalue weighted by atomic mass is 9.67. The van der Waals surface area contributed by atoms with Gasteiger partial charge < -0.3 is 5.11 Å². The van der Waals surface area contributed by atoms with Crippen LogP contribution in [0.2, 0.25) is 0 Å². The van der Waals surface area contributed by atoms with E-state index in [-0.39, 0.29) is 0 Å². The summed E-state index contributed by atoms with van der Waals surface area (Å²) in [6.07, 6.45) is 11.4. The highest BCUT2D eigenvalue weighted by atomic mass is 16.4. The zero-order chi connectivity index (χ0) is 14.9. The number of nitrogens with zero attached hydrogens (tertiary/aromatic N) is 2. The van der Waals surface area contributed by atoms with Crippen LogP contribution in [-0.4, -0.2) is 20.9 Å². The predicted molar refractivity (Wildman–Crippen MR) is 81.1 cm³/mol. The molecule has 0 amide bonds. The maximum atomic E-state index is 11.9. The Bertz CT molecular complexity index is 505. The number of carbonyl (C=O) groups is 1. The standard InChI is InChI=1S/C17H26N2O2/c1-13-5-4-9-17(11-13,16(20)21)12-14-8-10-19(18-14)15-6-2-3-7-15/h8,10,13,15H,2-7,9,11-12H2,1H3,(H,20,21). The van der Waals surface area contributed by atoms with Gasteiger partial charge >= 0.3 is 5.97 Å². The summed E-state index contributed by atoms with van der Waals surface area (Å²) in [5, 5.41) is 14.4. The Morgan fingerprint density at radius 2 is 2.14 bits per heavy atom. The fourth-order valence-electron chi connectivity index (χ4n) is 4.28. The van der Waals surface area contributed by atoms with Crippen molar-refractivity contribution in [2.45, 2.75) is 70.8 Å². The number of rotatable bonds is 4. The van der Waals surface area contributed by atoms with Gasteiger partial charge in [-0.3, -0.25) is 9.48 Å². The van der Waals surface area contributed by atoms with E-state index < -0.39 is 11.4 Å². The van der Waals surface area contributed by atoms with Crippen LogP contribution in [0.3, 0.4) is 0 Å². The lowest BCUT2D eigenvalue weighted by Gasteiger charge is -2.36. The summed E-state index contributed by atoms with van der Waals surface area (Å²) in [4.78, 5) is 11.9. The van der Waals surface area contributed by atoms with Gasteiger partial charge in [0.1, 0.15) is 0 Å². The van der Waals surface area contributed by atoms with Gasteiger partial charge in [0, 0.05) is 12.6 Å². The maximum Gasteiger partial charge on any atom is 0.310 e. The minimum atomic E-state index is -0.635. The van der Waals surface area contributed by atoms with Gasteiger partial charge in [-0.25, -0.2) is 0 Å². The summed E-state index contributed by atoms with van der Waals surface area (Å²) in [7, 11) is 0. The van der Waals surface area contributed by atoms with E-state index in [2.05, 4.69) is 11.6 Å². The lowest BCUT2D eigenvalue weighted by Crippen LogP contribution is -2.38. The van der Waals surface area contributed by atoms with Gasteiger partial charge in [-0.15, -0.1) is 0 Å². The first-order valence-corrected chi connectivity index (χ1v) is 8.36. The smallest absolute Gasteiger partial charge is 0.310 e. The summed E-state index contributed by atoms with van der Waals surface area (Å²) in [5.41, 5.74) is 0.366. The Kier molecular flexibility index (Phi) is 4.05. The third-order valence-electron chi connectivity index (χ3n) is 5.43. The van der Waals surface area contributed by atoms with E-state index in [4.69, 9.17) is 5.10 Å². The first-order chi connectivity index (χ1) is 10.1. The van der Waals surface area contributed by atoms with Crippen molar-refractivity contribution < 1.29 is 9.90 Å². The quantitative estimate of drug-likeness (QED) is 0.917. The molecule has 1 aromatic rings. The molecule has 1 aromatic heterocycles. The minimum Gasteiger partial charge on any atom is -0.481 e. The molecular weight excluding hydrogens is 264 g/mol. The number of carboxylic acid groups (broad SMARTS) is 1. The monoisotopic (exact) mass is 290 g/mol. The SMILES string of the molecule is CC1CCCC(Cc2ccn(C3CCCC3)n2)(C(=O)O)C1. The summed E-state index contributed by atoms with van der Waals surface area (Å²) >= 11 is 0. The van der Waals surface area contributed by atoms with Crippen molar-refractivity contribution in [2.24, 2.45) is 11.3 Å². The van der Waals surface area contributed by atoms with Crippen LogP contribution in [0.4, 0.5) is 0 Å². The zero-order valence-corrected chi connectivity index (χ0v) is 12.9. The van der Waals surface area contributed by atoms with Crippen molar-refractivity contribution in [3.63, 3.8) is 0 Å².